The van der Waals surface area contributed by atoms with E-state index in [0.29, 0.717) is 11.1 Å². The Morgan fingerprint density at radius 3 is 1.47 bits per heavy atom. The normalized spacial score (nSPS) is 11.5. The molecule has 0 saturated heterocycles. The first-order chi connectivity index (χ1) is 9.11. The van der Waals surface area contributed by atoms with Crippen LogP contribution in [0.3, 0.4) is 0 Å². The maximum absolute atomic E-state index is 12.6. The minimum absolute atomic E-state index is 0.0680. The predicted octanol–water partition coefficient (Wildman–Crippen LogP) is 1.50. The molecule has 0 aliphatic rings. The smallest absolute Gasteiger partial charge is 0.207 e. The summed E-state index contributed by atoms with van der Waals surface area (Å²) >= 11 is 0. The van der Waals surface area contributed by atoms with Crippen molar-refractivity contribution in [2.45, 2.75) is 23.0 Å². The van der Waals surface area contributed by atoms with Gasteiger partial charge in [-0.1, -0.05) is 36.4 Å². The highest BCUT2D eigenvalue weighted by atomic mass is 32.2. The van der Waals surface area contributed by atoms with Gasteiger partial charge in [-0.05, 0) is 23.3 Å². The minimum Gasteiger partial charge on any atom is -0.392 e. The van der Waals surface area contributed by atoms with Gasteiger partial charge in [-0.15, -0.1) is 0 Å². The van der Waals surface area contributed by atoms with E-state index >= 15 is 0 Å². The molecule has 0 amide bonds. The average molecular weight is 278 g/mol. The van der Waals surface area contributed by atoms with E-state index in [0.717, 1.165) is 0 Å². The first-order valence-electron chi connectivity index (χ1n) is 5.74. The Kier molecular flexibility index (Phi) is 3.99. The predicted molar refractivity (Wildman–Crippen MR) is 70.2 cm³/mol. The largest absolute Gasteiger partial charge is 0.392 e. The fourth-order valence-corrected chi connectivity index (χ4v) is 3.62. The molecule has 0 saturated carbocycles. The number of rotatable bonds is 4. The Labute approximate surface area is 111 Å². The van der Waals surface area contributed by atoms with Gasteiger partial charge in [-0.3, -0.25) is 0 Å². The van der Waals surface area contributed by atoms with Crippen molar-refractivity contribution in [3.05, 3.63) is 59.7 Å². The Hall–Kier alpha value is -1.69. The van der Waals surface area contributed by atoms with E-state index in [4.69, 9.17) is 0 Å². The standard InChI is InChI=1S/C14H14O4S/c15-9-11-5-1-3-7-13(11)19(17,18)14-8-4-2-6-12(14)10-16/h1-8,15-16H,9-10H2. The van der Waals surface area contributed by atoms with Gasteiger partial charge in [0, 0.05) is 0 Å². The van der Waals surface area contributed by atoms with E-state index in [2.05, 4.69) is 0 Å². The number of benzene rings is 2. The van der Waals surface area contributed by atoms with Gasteiger partial charge in [-0.2, -0.15) is 0 Å². The van der Waals surface area contributed by atoms with Crippen molar-refractivity contribution in [1.82, 2.24) is 0 Å². The van der Waals surface area contributed by atoms with Crippen LogP contribution in [0.4, 0.5) is 0 Å². The average Bonchev–Trinajstić information content (AvgIpc) is 2.47. The van der Waals surface area contributed by atoms with Gasteiger partial charge in [0.05, 0.1) is 23.0 Å². The van der Waals surface area contributed by atoms with Crippen LogP contribution >= 0.6 is 0 Å². The monoisotopic (exact) mass is 278 g/mol. The number of hydrogen-bond acceptors (Lipinski definition) is 4. The summed E-state index contributed by atoms with van der Waals surface area (Å²) in [5.74, 6) is 0. The van der Waals surface area contributed by atoms with Crippen LogP contribution < -0.4 is 0 Å². The van der Waals surface area contributed by atoms with Crippen LogP contribution in [-0.4, -0.2) is 18.6 Å². The van der Waals surface area contributed by atoms with Gasteiger partial charge < -0.3 is 10.2 Å². The van der Waals surface area contributed by atoms with Crippen LogP contribution in [0.5, 0.6) is 0 Å². The van der Waals surface area contributed by atoms with Gasteiger partial charge in [0.2, 0.25) is 9.84 Å². The molecule has 2 rings (SSSR count). The van der Waals surface area contributed by atoms with Crippen LogP contribution in [0.1, 0.15) is 11.1 Å². The molecule has 2 aromatic carbocycles. The van der Waals surface area contributed by atoms with Gasteiger partial charge >= 0.3 is 0 Å². The van der Waals surface area contributed by atoms with E-state index in [9.17, 15) is 18.6 Å². The lowest BCUT2D eigenvalue weighted by Crippen LogP contribution is -2.08. The molecule has 0 aliphatic heterocycles. The van der Waals surface area contributed by atoms with E-state index in [-0.39, 0.29) is 23.0 Å². The second-order valence-electron chi connectivity index (χ2n) is 4.04. The molecular weight excluding hydrogens is 264 g/mol. The van der Waals surface area contributed by atoms with Gasteiger partial charge in [0.15, 0.2) is 0 Å². The van der Waals surface area contributed by atoms with Gasteiger partial charge in [0.1, 0.15) is 0 Å². The Morgan fingerprint density at radius 1 is 0.737 bits per heavy atom. The molecule has 5 heteroatoms. The summed E-state index contributed by atoms with van der Waals surface area (Å²) in [5, 5.41) is 18.5. The lowest BCUT2D eigenvalue weighted by atomic mass is 10.2. The molecular formula is C14H14O4S. The zero-order valence-corrected chi connectivity index (χ0v) is 11.0. The molecule has 2 aromatic rings. The molecule has 0 unspecified atom stereocenters. The lowest BCUT2D eigenvalue weighted by molar-refractivity contribution is 0.277. The summed E-state index contributed by atoms with van der Waals surface area (Å²) in [7, 11) is -3.74. The summed E-state index contributed by atoms with van der Waals surface area (Å²) in [5.41, 5.74) is 0.686. The highest BCUT2D eigenvalue weighted by Gasteiger charge is 2.22. The van der Waals surface area contributed by atoms with E-state index in [1.165, 1.54) is 12.1 Å². The number of sulfone groups is 1. The maximum Gasteiger partial charge on any atom is 0.207 e. The highest BCUT2D eigenvalue weighted by Crippen LogP contribution is 2.26. The zero-order valence-electron chi connectivity index (χ0n) is 10.2. The van der Waals surface area contributed by atoms with Crippen molar-refractivity contribution in [2.24, 2.45) is 0 Å². The van der Waals surface area contributed by atoms with Crippen molar-refractivity contribution in [3.8, 4) is 0 Å². The number of aliphatic hydroxyl groups excluding tert-OH is 2. The molecule has 0 spiro atoms. The number of hydrogen-bond donors (Lipinski definition) is 2. The molecule has 2 N–H and O–H groups in total. The molecule has 0 atom stereocenters. The van der Waals surface area contributed by atoms with E-state index < -0.39 is 9.84 Å². The third-order valence-corrected chi connectivity index (χ3v) is 4.82. The minimum atomic E-state index is -3.74. The summed E-state index contributed by atoms with van der Waals surface area (Å²) in [6.07, 6.45) is 0. The van der Waals surface area contributed by atoms with Crippen molar-refractivity contribution >= 4 is 9.84 Å². The van der Waals surface area contributed by atoms with Crippen molar-refractivity contribution in [3.63, 3.8) is 0 Å². The summed E-state index contributed by atoms with van der Waals surface area (Å²) < 4.78 is 25.1. The van der Waals surface area contributed by atoms with Crippen molar-refractivity contribution < 1.29 is 18.6 Å². The summed E-state index contributed by atoms with van der Waals surface area (Å²) in [6, 6.07) is 12.6. The molecule has 100 valence electrons. The van der Waals surface area contributed by atoms with Crippen molar-refractivity contribution in [2.75, 3.05) is 0 Å². The van der Waals surface area contributed by atoms with Crippen LogP contribution in [0.15, 0.2) is 58.3 Å². The summed E-state index contributed by atoms with van der Waals surface area (Å²) in [4.78, 5) is 0.136. The first-order valence-corrected chi connectivity index (χ1v) is 7.22. The molecule has 0 radical (unpaired) electrons. The van der Waals surface area contributed by atoms with Gasteiger partial charge in [-0.25, -0.2) is 8.42 Å². The topological polar surface area (TPSA) is 74.6 Å². The molecule has 0 fully saturated rings. The molecule has 19 heavy (non-hydrogen) atoms. The first kappa shape index (κ1) is 13.7. The highest BCUT2D eigenvalue weighted by molar-refractivity contribution is 7.91. The second-order valence-corrected chi connectivity index (χ2v) is 5.92. The quantitative estimate of drug-likeness (QED) is 0.889. The lowest BCUT2D eigenvalue weighted by Gasteiger charge is -2.11. The van der Waals surface area contributed by atoms with E-state index in [1.807, 2.05) is 0 Å². The van der Waals surface area contributed by atoms with Crippen LogP contribution in [0.25, 0.3) is 0 Å². The number of aliphatic hydroxyl groups is 2. The third-order valence-electron chi connectivity index (χ3n) is 2.86. The SMILES string of the molecule is O=S(=O)(c1ccccc1CO)c1ccccc1CO. The molecule has 0 aliphatic carbocycles. The molecule has 0 bridgehead atoms. The van der Waals surface area contributed by atoms with Crippen LogP contribution in [0.2, 0.25) is 0 Å². The van der Waals surface area contributed by atoms with E-state index in [1.54, 1.807) is 36.4 Å². The second kappa shape index (κ2) is 5.52. The molecule has 4 nitrogen and oxygen atoms in total. The van der Waals surface area contributed by atoms with Crippen LogP contribution in [-0.2, 0) is 23.1 Å². The molecule has 0 aromatic heterocycles. The fraction of sp³-hybridized carbons (Fsp3) is 0.143. The van der Waals surface area contributed by atoms with Crippen molar-refractivity contribution in [1.29, 1.82) is 0 Å². The maximum atomic E-state index is 12.6. The fourth-order valence-electron chi connectivity index (χ4n) is 1.91. The summed E-state index contributed by atoms with van der Waals surface area (Å²) in [6.45, 7) is -0.701. The molecule has 0 heterocycles. The Balaban J connectivity index is 2.66. The van der Waals surface area contributed by atoms with Gasteiger partial charge in [0.25, 0.3) is 0 Å². The zero-order chi connectivity index (χ0) is 13.9. The third kappa shape index (κ3) is 2.53. The Bertz CT molecular complexity index is 624. The van der Waals surface area contributed by atoms with Crippen LogP contribution in [0, 0.1) is 0 Å². The Morgan fingerprint density at radius 2 is 1.11 bits per heavy atom.